The molecule has 5 N–H and O–H groups in total. The number of rotatable bonds is 4. The summed E-state index contributed by atoms with van der Waals surface area (Å²) in [5.74, 6) is 0.921. The van der Waals surface area contributed by atoms with Crippen molar-refractivity contribution in [3.63, 3.8) is 0 Å². The van der Waals surface area contributed by atoms with Gasteiger partial charge in [0.15, 0.2) is 11.6 Å². The largest absolute Gasteiger partial charge is 0.451 e. The second-order valence-corrected chi connectivity index (χ2v) is 7.24. The van der Waals surface area contributed by atoms with Crippen LogP contribution in [0.4, 0.5) is 11.8 Å². The molecule has 0 saturated heterocycles. The van der Waals surface area contributed by atoms with Gasteiger partial charge < -0.3 is 16.2 Å². The maximum Gasteiger partial charge on any atom is 0.222 e. The molecule has 2 aromatic rings. The standard InChI is InChI=1S/C13H18N6O2S/c1-7(2)8-5-17-11(22(3,16)20)4-9(8)21-10-6-18-13(15)19-12(10)14/h4-7,16H,1-3H3,(H4,14,15,18,19). The second kappa shape index (κ2) is 5.76. The lowest BCUT2D eigenvalue weighted by atomic mass is 10.1. The lowest BCUT2D eigenvalue weighted by Gasteiger charge is -2.15. The number of nitrogen functional groups attached to an aromatic ring is 2. The van der Waals surface area contributed by atoms with E-state index in [0.29, 0.717) is 5.75 Å². The van der Waals surface area contributed by atoms with Gasteiger partial charge in [-0.15, -0.1) is 0 Å². The van der Waals surface area contributed by atoms with Crippen molar-refractivity contribution in [1.82, 2.24) is 15.0 Å². The fraction of sp³-hybridized carbons (Fsp3) is 0.308. The Kier molecular flexibility index (Phi) is 4.18. The minimum absolute atomic E-state index is 0.0482. The molecule has 8 nitrogen and oxygen atoms in total. The van der Waals surface area contributed by atoms with Gasteiger partial charge in [0.1, 0.15) is 10.8 Å². The normalized spacial score (nSPS) is 13.8. The zero-order valence-electron chi connectivity index (χ0n) is 12.5. The van der Waals surface area contributed by atoms with Gasteiger partial charge in [-0.1, -0.05) is 13.8 Å². The van der Waals surface area contributed by atoms with Gasteiger partial charge in [-0.2, -0.15) is 4.98 Å². The molecule has 0 aromatic carbocycles. The first-order valence-corrected chi connectivity index (χ1v) is 8.44. The van der Waals surface area contributed by atoms with Crippen molar-refractivity contribution in [2.45, 2.75) is 24.8 Å². The monoisotopic (exact) mass is 322 g/mol. The summed E-state index contributed by atoms with van der Waals surface area (Å²) in [5.41, 5.74) is 12.0. The van der Waals surface area contributed by atoms with E-state index in [1.54, 1.807) is 6.20 Å². The number of pyridine rings is 1. The molecule has 0 saturated carbocycles. The zero-order valence-corrected chi connectivity index (χ0v) is 13.3. The van der Waals surface area contributed by atoms with Crippen LogP contribution in [0.1, 0.15) is 25.3 Å². The van der Waals surface area contributed by atoms with Crippen LogP contribution in [0, 0.1) is 4.78 Å². The Labute approximate surface area is 128 Å². The average molecular weight is 322 g/mol. The van der Waals surface area contributed by atoms with Crippen molar-refractivity contribution >= 4 is 21.5 Å². The highest BCUT2D eigenvalue weighted by Gasteiger charge is 2.16. The molecule has 2 aromatic heterocycles. The van der Waals surface area contributed by atoms with Crippen LogP contribution in [0.15, 0.2) is 23.5 Å². The van der Waals surface area contributed by atoms with Gasteiger partial charge in [-0.3, -0.25) is 0 Å². The molecule has 0 amide bonds. The summed E-state index contributed by atoms with van der Waals surface area (Å²) in [5, 5.41) is 0.141. The lowest BCUT2D eigenvalue weighted by molar-refractivity contribution is 0.468. The molecule has 0 bridgehead atoms. The smallest absolute Gasteiger partial charge is 0.222 e. The van der Waals surface area contributed by atoms with E-state index in [-0.39, 0.29) is 28.5 Å². The molecule has 0 radical (unpaired) electrons. The van der Waals surface area contributed by atoms with Gasteiger partial charge in [0.2, 0.25) is 5.95 Å². The average Bonchev–Trinajstić information content (AvgIpc) is 2.40. The first-order chi connectivity index (χ1) is 10.2. The predicted octanol–water partition coefficient (Wildman–Crippen LogP) is 1.99. The van der Waals surface area contributed by atoms with E-state index in [1.807, 2.05) is 13.8 Å². The van der Waals surface area contributed by atoms with Crippen LogP contribution in [0.2, 0.25) is 0 Å². The second-order valence-electron chi connectivity index (χ2n) is 5.14. The Bertz CT molecular complexity index is 804. The van der Waals surface area contributed by atoms with Crippen LogP contribution in [0.3, 0.4) is 0 Å². The molecule has 22 heavy (non-hydrogen) atoms. The maximum atomic E-state index is 11.9. The quantitative estimate of drug-likeness (QED) is 0.781. The number of hydrogen-bond donors (Lipinski definition) is 3. The van der Waals surface area contributed by atoms with E-state index in [9.17, 15) is 4.21 Å². The van der Waals surface area contributed by atoms with Gasteiger partial charge in [0, 0.05) is 24.1 Å². The van der Waals surface area contributed by atoms with Crippen LogP contribution in [-0.2, 0) is 9.73 Å². The van der Waals surface area contributed by atoms with Gasteiger partial charge >= 0.3 is 0 Å². The molecular formula is C13H18N6O2S. The number of nitrogens with one attached hydrogen (secondary N) is 1. The Morgan fingerprint density at radius 2 is 1.91 bits per heavy atom. The van der Waals surface area contributed by atoms with Crippen molar-refractivity contribution in [2.24, 2.45) is 0 Å². The summed E-state index contributed by atoms with van der Waals surface area (Å²) < 4.78 is 25.2. The van der Waals surface area contributed by atoms with Crippen LogP contribution in [0.25, 0.3) is 0 Å². The minimum Gasteiger partial charge on any atom is -0.451 e. The first kappa shape index (κ1) is 16.0. The highest BCUT2D eigenvalue weighted by Crippen LogP contribution is 2.33. The van der Waals surface area contributed by atoms with Crippen LogP contribution < -0.4 is 16.2 Å². The Morgan fingerprint density at radius 1 is 1.23 bits per heavy atom. The van der Waals surface area contributed by atoms with Crippen LogP contribution in [0.5, 0.6) is 11.5 Å². The zero-order chi connectivity index (χ0) is 16.5. The highest BCUT2D eigenvalue weighted by atomic mass is 32.2. The van der Waals surface area contributed by atoms with Gasteiger partial charge in [0.05, 0.1) is 15.9 Å². The van der Waals surface area contributed by atoms with Crippen molar-refractivity contribution in [3.05, 3.63) is 24.0 Å². The number of anilines is 2. The number of hydrogen-bond acceptors (Lipinski definition) is 8. The molecule has 2 rings (SSSR count). The third-order valence-electron chi connectivity index (χ3n) is 2.91. The van der Waals surface area contributed by atoms with Crippen molar-refractivity contribution in [3.8, 4) is 11.5 Å². The van der Waals surface area contributed by atoms with Crippen molar-refractivity contribution < 1.29 is 8.95 Å². The molecule has 0 fully saturated rings. The van der Waals surface area contributed by atoms with Gasteiger partial charge in [0.25, 0.3) is 0 Å². The molecule has 1 unspecified atom stereocenters. The molecular weight excluding hydrogens is 304 g/mol. The summed E-state index contributed by atoms with van der Waals surface area (Å²) in [4.78, 5) is 11.7. The van der Waals surface area contributed by atoms with E-state index >= 15 is 0 Å². The summed E-state index contributed by atoms with van der Waals surface area (Å²) in [6, 6.07) is 1.49. The van der Waals surface area contributed by atoms with E-state index in [1.165, 1.54) is 18.5 Å². The van der Waals surface area contributed by atoms with E-state index in [2.05, 4.69) is 15.0 Å². The van der Waals surface area contributed by atoms with E-state index in [4.69, 9.17) is 21.0 Å². The molecule has 9 heteroatoms. The summed E-state index contributed by atoms with van der Waals surface area (Å²) >= 11 is 0. The number of nitrogens with two attached hydrogens (primary N) is 2. The van der Waals surface area contributed by atoms with Gasteiger partial charge in [-0.25, -0.2) is 19.0 Å². The Balaban J connectivity index is 2.51. The van der Waals surface area contributed by atoms with Crippen LogP contribution >= 0.6 is 0 Å². The molecule has 118 valence electrons. The molecule has 0 aliphatic heterocycles. The predicted molar refractivity (Wildman–Crippen MR) is 84.3 cm³/mol. The Morgan fingerprint density at radius 3 is 2.45 bits per heavy atom. The highest BCUT2D eigenvalue weighted by molar-refractivity contribution is 7.91. The summed E-state index contributed by atoms with van der Waals surface area (Å²) in [7, 11) is -2.95. The van der Waals surface area contributed by atoms with E-state index in [0.717, 1.165) is 5.56 Å². The van der Waals surface area contributed by atoms with Gasteiger partial charge in [-0.05, 0) is 5.92 Å². The third-order valence-corrected chi connectivity index (χ3v) is 3.93. The number of aromatic nitrogens is 3. The molecule has 1 atom stereocenters. The number of nitrogens with zero attached hydrogens (tertiary/aromatic N) is 3. The van der Waals surface area contributed by atoms with Crippen molar-refractivity contribution in [2.75, 3.05) is 17.7 Å². The molecule has 0 aliphatic rings. The first-order valence-electron chi connectivity index (χ1n) is 6.48. The van der Waals surface area contributed by atoms with E-state index < -0.39 is 9.73 Å². The SMILES string of the molecule is CC(C)c1cnc(S(C)(=N)=O)cc1Oc1cnc(N)nc1N. The summed E-state index contributed by atoms with van der Waals surface area (Å²) in [6.07, 6.45) is 4.22. The third kappa shape index (κ3) is 3.42. The minimum atomic E-state index is -2.95. The fourth-order valence-electron chi connectivity index (χ4n) is 1.76. The maximum absolute atomic E-state index is 11.9. The molecule has 2 heterocycles. The molecule has 0 spiro atoms. The van der Waals surface area contributed by atoms with Crippen LogP contribution in [-0.4, -0.2) is 25.4 Å². The Hall–Kier alpha value is -2.42. The fourth-order valence-corrected chi connectivity index (χ4v) is 2.35. The summed E-state index contributed by atoms with van der Waals surface area (Å²) in [6.45, 7) is 3.94. The topological polar surface area (TPSA) is 141 Å². The molecule has 0 aliphatic carbocycles. The lowest BCUT2D eigenvalue weighted by Crippen LogP contribution is -2.05. The van der Waals surface area contributed by atoms with Crippen molar-refractivity contribution in [1.29, 1.82) is 4.78 Å². The number of ether oxygens (including phenoxy) is 1.